The number of anilines is 1. The molecule has 1 fully saturated rings. The van der Waals surface area contributed by atoms with Crippen LogP contribution in [0.3, 0.4) is 0 Å². The highest BCUT2D eigenvalue weighted by Gasteiger charge is 2.18. The minimum absolute atomic E-state index is 0.00754. The van der Waals surface area contributed by atoms with Crippen molar-refractivity contribution in [2.75, 3.05) is 18.4 Å². The zero-order chi connectivity index (χ0) is 19.9. The average Bonchev–Trinajstić information content (AvgIpc) is 2.97. The third-order valence-corrected chi connectivity index (χ3v) is 4.81. The lowest BCUT2D eigenvalue weighted by molar-refractivity contribution is 0.0761. The molecule has 5 nitrogen and oxygen atoms in total. The summed E-state index contributed by atoms with van der Waals surface area (Å²) in [5.41, 5.74) is 1.06. The van der Waals surface area contributed by atoms with E-state index in [4.69, 9.17) is 12.2 Å². The van der Waals surface area contributed by atoms with Gasteiger partial charge in [-0.05, 0) is 55.4 Å². The smallest absolute Gasteiger partial charge is 0.260 e. The van der Waals surface area contributed by atoms with Gasteiger partial charge in [0.15, 0.2) is 5.11 Å². The number of likely N-dealkylation sites (tertiary alicyclic amines) is 1. The second-order valence-corrected chi connectivity index (χ2v) is 7.08. The van der Waals surface area contributed by atoms with Gasteiger partial charge in [-0.2, -0.15) is 0 Å². The molecular weight excluding hydrogens is 377 g/mol. The van der Waals surface area contributed by atoms with E-state index in [0.717, 1.165) is 38.8 Å². The number of benzene rings is 2. The van der Waals surface area contributed by atoms with Gasteiger partial charge in [0.25, 0.3) is 11.8 Å². The largest absolute Gasteiger partial charge is 0.339 e. The van der Waals surface area contributed by atoms with E-state index in [9.17, 15) is 14.0 Å². The van der Waals surface area contributed by atoms with E-state index in [1.165, 1.54) is 18.2 Å². The van der Waals surface area contributed by atoms with Crippen LogP contribution in [0.15, 0.2) is 48.5 Å². The zero-order valence-electron chi connectivity index (χ0n) is 15.4. The second kappa shape index (κ2) is 9.41. The number of nitrogens with zero attached hydrogens (tertiary/aromatic N) is 1. The van der Waals surface area contributed by atoms with Gasteiger partial charge in [-0.1, -0.05) is 31.0 Å². The molecule has 0 aromatic heterocycles. The maximum Gasteiger partial charge on any atom is 0.260 e. The van der Waals surface area contributed by atoms with Crippen LogP contribution in [0.5, 0.6) is 0 Å². The van der Waals surface area contributed by atoms with Gasteiger partial charge in [0.1, 0.15) is 5.82 Å². The molecule has 0 atom stereocenters. The van der Waals surface area contributed by atoms with Crippen LogP contribution in [0.2, 0.25) is 0 Å². The van der Waals surface area contributed by atoms with Gasteiger partial charge >= 0.3 is 0 Å². The molecule has 2 N–H and O–H groups in total. The molecule has 28 heavy (non-hydrogen) atoms. The number of halogens is 1. The molecule has 2 amide bonds. The Balaban J connectivity index is 1.63. The zero-order valence-corrected chi connectivity index (χ0v) is 16.2. The number of hydrogen-bond acceptors (Lipinski definition) is 3. The van der Waals surface area contributed by atoms with Crippen LogP contribution >= 0.6 is 12.2 Å². The number of carbonyl (C=O) groups excluding carboxylic acids is 2. The molecule has 7 heteroatoms. The summed E-state index contributed by atoms with van der Waals surface area (Å²) < 4.78 is 13.7. The average molecular weight is 399 g/mol. The van der Waals surface area contributed by atoms with E-state index in [1.807, 2.05) is 4.90 Å². The summed E-state index contributed by atoms with van der Waals surface area (Å²) in [5.74, 6) is -1.26. The van der Waals surface area contributed by atoms with Gasteiger partial charge in [-0.15, -0.1) is 0 Å². The molecule has 2 aromatic carbocycles. The van der Waals surface area contributed by atoms with E-state index in [0.29, 0.717) is 11.3 Å². The molecular formula is C21H22FN3O2S. The number of carbonyl (C=O) groups is 2. The summed E-state index contributed by atoms with van der Waals surface area (Å²) in [7, 11) is 0. The molecule has 0 unspecified atom stereocenters. The fourth-order valence-corrected chi connectivity index (χ4v) is 3.38. The van der Waals surface area contributed by atoms with Gasteiger partial charge in [-0.25, -0.2) is 4.39 Å². The normalized spacial score (nSPS) is 14.1. The number of amides is 2. The Bertz CT molecular complexity index is 879. The highest BCUT2D eigenvalue weighted by Crippen LogP contribution is 2.16. The standard InChI is InChI=1S/C21H22FN3O2S/c22-18-11-4-3-10-17(18)19(26)24-21(28)23-16-9-7-8-15(14-16)20(27)25-12-5-1-2-6-13-25/h3-4,7-11,14H,1-2,5-6,12-13H2,(H2,23,24,26,28). The lowest BCUT2D eigenvalue weighted by Crippen LogP contribution is -2.35. The first-order valence-corrected chi connectivity index (χ1v) is 9.71. The minimum Gasteiger partial charge on any atom is -0.339 e. The van der Waals surface area contributed by atoms with Crippen molar-refractivity contribution in [3.63, 3.8) is 0 Å². The van der Waals surface area contributed by atoms with E-state index in [2.05, 4.69) is 10.6 Å². The van der Waals surface area contributed by atoms with E-state index in [-0.39, 0.29) is 16.6 Å². The van der Waals surface area contributed by atoms with Gasteiger partial charge in [-0.3, -0.25) is 14.9 Å². The fraction of sp³-hybridized carbons (Fsp3) is 0.286. The molecule has 1 aliphatic rings. The Labute approximate surface area is 168 Å². The number of thiocarbonyl (C=S) groups is 1. The molecule has 1 heterocycles. The van der Waals surface area contributed by atoms with Crippen LogP contribution < -0.4 is 10.6 Å². The third kappa shape index (κ3) is 5.13. The molecule has 0 spiro atoms. The summed E-state index contributed by atoms with van der Waals surface area (Å²) in [6, 6.07) is 12.7. The maximum atomic E-state index is 13.7. The molecule has 0 bridgehead atoms. The quantitative estimate of drug-likeness (QED) is 0.767. The summed E-state index contributed by atoms with van der Waals surface area (Å²) in [6.45, 7) is 1.54. The highest BCUT2D eigenvalue weighted by atomic mass is 32.1. The third-order valence-electron chi connectivity index (χ3n) is 4.61. The first kappa shape index (κ1) is 19.9. The van der Waals surface area contributed by atoms with Crippen molar-refractivity contribution >= 4 is 34.8 Å². The van der Waals surface area contributed by atoms with Gasteiger partial charge in [0, 0.05) is 24.3 Å². The van der Waals surface area contributed by atoms with Crippen LogP contribution in [-0.2, 0) is 0 Å². The highest BCUT2D eigenvalue weighted by molar-refractivity contribution is 7.80. The molecule has 0 saturated carbocycles. The Hall–Kier alpha value is -2.80. The van der Waals surface area contributed by atoms with Crippen molar-refractivity contribution in [2.24, 2.45) is 0 Å². The van der Waals surface area contributed by atoms with Crippen LogP contribution in [0.4, 0.5) is 10.1 Å². The monoisotopic (exact) mass is 399 g/mol. The molecule has 3 rings (SSSR count). The molecule has 2 aromatic rings. The fourth-order valence-electron chi connectivity index (χ4n) is 3.16. The molecule has 1 aliphatic heterocycles. The Kier molecular flexibility index (Phi) is 6.71. The first-order chi connectivity index (χ1) is 13.5. The lowest BCUT2D eigenvalue weighted by Gasteiger charge is -2.20. The van der Waals surface area contributed by atoms with Gasteiger partial charge in [0.05, 0.1) is 5.56 Å². The van der Waals surface area contributed by atoms with Crippen LogP contribution in [-0.4, -0.2) is 34.9 Å². The number of nitrogens with one attached hydrogen (secondary N) is 2. The SMILES string of the molecule is O=C(NC(=S)Nc1cccc(C(=O)N2CCCCCC2)c1)c1ccccc1F. The second-order valence-electron chi connectivity index (χ2n) is 6.68. The Morgan fingerprint density at radius 1 is 0.964 bits per heavy atom. The van der Waals surface area contributed by atoms with Crippen molar-refractivity contribution in [1.29, 1.82) is 0 Å². The summed E-state index contributed by atoms with van der Waals surface area (Å²) in [4.78, 5) is 26.8. The van der Waals surface area contributed by atoms with Crippen molar-refractivity contribution in [2.45, 2.75) is 25.7 Å². The first-order valence-electron chi connectivity index (χ1n) is 9.31. The lowest BCUT2D eigenvalue weighted by atomic mass is 10.1. The Morgan fingerprint density at radius 3 is 2.39 bits per heavy atom. The summed E-state index contributed by atoms with van der Waals surface area (Å²) in [5, 5.41) is 5.37. The number of hydrogen-bond donors (Lipinski definition) is 2. The maximum absolute atomic E-state index is 13.7. The molecule has 1 saturated heterocycles. The molecule has 0 radical (unpaired) electrons. The van der Waals surface area contributed by atoms with Gasteiger partial charge < -0.3 is 10.2 Å². The van der Waals surface area contributed by atoms with Crippen LogP contribution in [0, 0.1) is 5.82 Å². The van der Waals surface area contributed by atoms with Crippen molar-refractivity contribution in [1.82, 2.24) is 10.2 Å². The van der Waals surface area contributed by atoms with Crippen molar-refractivity contribution in [3.05, 3.63) is 65.5 Å². The van der Waals surface area contributed by atoms with Gasteiger partial charge in [0.2, 0.25) is 0 Å². The van der Waals surface area contributed by atoms with Crippen molar-refractivity contribution in [3.8, 4) is 0 Å². The summed E-state index contributed by atoms with van der Waals surface area (Å²) >= 11 is 5.15. The van der Waals surface area contributed by atoms with Crippen molar-refractivity contribution < 1.29 is 14.0 Å². The predicted octanol–water partition coefficient (Wildman–Crippen LogP) is 3.97. The predicted molar refractivity (Wildman–Crippen MR) is 111 cm³/mol. The molecule has 146 valence electrons. The molecule has 0 aliphatic carbocycles. The number of rotatable bonds is 3. The topological polar surface area (TPSA) is 61.4 Å². The van der Waals surface area contributed by atoms with Crippen LogP contribution in [0.25, 0.3) is 0 Å². The summed E-state index contributed by atoms with van der Waals surface area (Å²) in [6.07, 6.45) is 4.36. The minimum atomic E-state index is -0.632. The van der Waals surface area contributed by atoms with E-state index in [1.54, 1.807) is 30.3 Å². The van der Waals surface area contributed by atoms with Crippen LogP contribution in [0.1, 0.15) is 46.4 Å². The van der Waals surface area contributed by atoms with E-state index >= 15 is 0 Å². The van der Waals surface area contributed by atoms with E-state index < -0.39 is 11.7 Å². The Morgan fingerprint density at radius 2 is 1.68 bits per heavy atom.